The van der Waals surface area contributed by atoms with E-state index >= 15 is 0 Å². The summed E-state index contributed by atoms with van der Waals surface area (Å²) in [5.74, 6) is 1.83. The molecular weight excluding hydrogens is 393 g/mol. The van der Waals surface area contributed by atoms with Gasteiger partial charge in [-0.25, -0.2) is 4.79 Å². The lowest BCUT2D eigenvalue weighted by molar-refractivity contribution is -0.182. The van der Waals surface area contributed by atoms with Crippen molar-refractivity contribution in [3.05, 3.63) is 71.8 Å². The van der Waals surface area contributed by atoms with Crippen LogP contribution in [0.3, 0.4) is 0 Å². The van der Waals surface area contributed by atoms with Crippen LogP contribution in [-0.2, 0) is 16.1 Å². The summed E-state index contributed by atoms with van der Waals surface area (Å²) in [5.41, 5.74) is 1.11. The molecule has 0 unspecified atom stereocenters. The minimum absolute atomic E-state index is 0.0821. The van der Waals surface area contributed by atoms with Gasteiger partial charge in [-0.15, -0.1) is 0 Å². The van der Waals surface area contributed by atoms with Crippen molar-refractivity contribution < 1.29 is 27.4 Å². The lowest BCUT2D eigenvalue weighted by atomic mass is 9.97. The second kappa shape index (κ2) is 12.0. The number of rotatable bonds is 9. The summed E-state index contributed by atoms with van der Waals surface area (Å²) in [7, 11) is 0. The molecule has 0 spiro atoms. The van der Waals surface area contributed by atoms with Crippen LogP contribution in [0.2, 0.25) is 0 Å². The third-order valence-corrected chi connectivity index (χ3v) is 4.38. The van der Waals surface area contributed by atoms with E-state index in [0.717, 1.165) is 5.56 Å². The molecule has 0 aliphatic rings. The SMILES string of the molecule is CCCC[C@H](OC(=O)c1ccccc1)[C@H](C#CCOCc1ccccc1)C(F)(F)F. The van der Waals surface area contributed by atoms with E-state index in [4.69, 9.17) is 9.47 Å². The number of carbonyl (C=O) groups excluding carboxylic acids is 1. The summed E-state index contributed by atoms with van der Waals surface area (Å²) < 4.78 is 51.7. The first-order valence-electron chi connectivity index (χ1n) is 9.84. The van der Waals surface area contributed by atoms with E-state index in [2.05, 4.69) is 11.8 Å². The van der Waals surface area contributed by atoms with Gasteiger partial charge in [-0.05, 0) is 30.5 Å². The van der Waals surface area contributed by atoms with Crippen molar-refractivity contribution in [3.8, 4) is 11.8 Å². The highest BCUT2D eigenvalue weighted by atomic mass is 19.4. The van der Waals surface area contributed by atoms with Gasteiger partial charge in [0, 0.05) is 0 Å². The van der Waals surface area contributed by atoms with Crippen LogP contribution in [0.1, 0.15) is 42.1 Å². The van der Waals surface area contributed by atoms with Gasteiger partial charge in [-0.2, -0.15) is 13.2 Å². The summed E-state index contributed by atoms with van der Waals surface area (Å²) in [4.78, 5) is 12.3. The normalized spacial score (nSPS) is 13.1. The summed E-state index contributed by atoms with van der Waals surface area (Å²) >= 11 is 0. The monoisotopic (exact) mass is 418 g/mol. The third-order valence-electron chi connectivity index (χ3n) is 4.38. The lowest BCUT2D eigenvalue weighted by Gasteiger charge is -2.25. The number of halogens is 3. The smallest absolute Gasteiger partial charge is 0.406 e. The molecule has 2 rings (SSSR count). The van der Waals surface area contributed by atoms with Crippen molar-refractivity contribution in [2.45, 2.75) is 45.1 Å². The molecule has 0 heterocycles. The van der Waals surface area contributed by atoms with E-state index in [0.29, 0.717) is 12.8 Å². The van der Waals surface area contributed by atoms with Gasteiger partial charge in [-0.1, -0.05) is 73.7 Å². The molecule has 0 radical (unpaired) electrons. The number of carbonyl (C=O) groups is 1. The van der Waals surface area contributed by atoms with Gasteiger partial charge in [0.1, 0.15) is 12.7 Å². The molecule has 0 aromatic heterocycles. The zero-order valence-electron chi connectivity index (χ0n) is 16.8. The number of benzene rings is 2. The lowest BCUT2D eigenvalue weighted by Crippen LogP contribution is -2.36. The van der Waals surface area contributed by atoms with E-state index in [1.807, 2.05) is 37.3 Å². The van der Waals surface area contributed by atoms with Crippen LogP contribution in [0.15, 0.2) is 60.7 Å². The summed E-state index contributed by atoms with van der Waals surface area (Å²) in [5, 5.41) is 0. The minimum Gasteiger partial charge on any atom is -0.457 e. The maximum atomic E-state index is 13.7. The van der Waals surface area contributed by atoms with E-state index < -0.39 is 24.2 Å². The Balaban J connectivity index is 2.07. The first-order chi connectivity index (χ1) is 14.4. The molecule has 0 fully saturated rings. The first kappa shape index (κ1) is 23.5. The van der Waals surface area contributed by atoms with Crippen LogP contribution in [0.5, 0.6) is 0 Å². The van der Waals surface area contributed by atoms with Crippen LogP contribution in [0, 0.1) is 17.8 Å². The van der Waals surface area contributed by atoms with E-state index in [-0.39, 0.29) is 25.2 Å². The Hall–Kier alpha value is -2.78. The fourth-order valence-corrected chi connectivity index (χ4v) is 2.81. The van der Waals surface area contributed by atoms with Gasteiger partial charge in [0.2, 0.25) is 0 Å². The molecule has 0 bridgehead atoms. The Morgan fingerprint density at radius 3 is 2.27 bits per heavy atom. The number of alkyl halides is 3. The Morgan fingerprint density at radius 2 is 1.67 bits per heavy atom. The van der Waals surface area contributed by atoms with E-state index in [1.54, 1.807) is 18.2 Å². The Kier molecular flexibility index (Phi) is 9.43. The predicted molar refractivity (Wildman–Crippen MR) is 109 cm³/mol. The van der Waals surface area contributed by atoms with Crippen molar-refractivity contribution in [1.82, 2.24) is 0 Å². The number of hydrogen-bond acceptors (Lipinski definition) is 3. The van der Waals surface area contributed by atoms with Crippen LogP contribution in [0.4, 0.5) is 13.2 Å². The zero-order chi connectivity index (χ0) is 21.8. The van der Waals surface area contributed by atoms with Crippen molar-refractivity contribution in [1.29, 1.82) is 0 Å². The van der Waals surface area contributed by atoms with Gasteiger partial charge in [0.05, 0.1) is 12.2 Å². The Morgan fingerprint density at radius 1 is 1.03 bits per heavy atom. The van der Waals surface area contributed by atoms with Crippen LogP contribution in [-0.4, -0.2) is 24.9 Å². The van der Waals surface area contributed by atoms with Crippen LogP contribution >= 0.6 is 0 Å². The van der Waals surface area contributed by atoms with Crippen molar-refractivity contribution >= 4 is 5.97 Å². The number of hydrogen-bond donors (Lipinski definition) is 0. The third kappa shape index (κ3) is 7.92. The van der Waals surface area contributed by atoms with Gasteiger partial charge in [0.25, 0.3) is 0 Å². The highest BCUT2D eigenvalue weighted by molar-refractivity contribution is 5.89. The highest BCUT2D eigenvalue weighted by Gasteiger charge is 2.45. The van der Waals surface area contributed by atoms with Crippen LogP contribution < -0.4 is 0 Å². The zero-order valence-corrected chi connectivity index (χ0v) is 16.8. The van der Waals surface area contributed by atoms with Crippen molar-refractivity contribution in [2.24, 2.45) is 5.92 Å². The highest BCUT2D eigenvalue weighted by Crippen LogP contribution is 2.32. The fraction of sp³-hybridized carbons (Fsp3) is 0.375. The fourth-order valence-electron chi connectivity index (χ4n) is 2.81. The number of unbranched alkanes of at least 4 members (excludes halogenated alkanes) is 1. The molecule has 2 aromatic rings. The van der Waals surface area contributed by atoms with E-state index in [1.165, 1.54) is 12.1 Å². The average Bonchev–Trinajstić information content (AvgIpc) is 2.74. The van der Waals surface area contributed by atoms with Crippen molar-refractivity contribution in [3.63, 3.8) is 0 Å². The molecule has 0 N–H and O–H groups in total. The molecule has 2 atom stereocenters. The maximum absolute atomic E-state index is 13.7. The molecule has 0 amide bonds. The number of esters is 1. The molecule has 0 aliphatic heterocycles. The minimum atomic E-state index is -4.62. The molecule has 6 heteroatoms. The van der Waals surface area contributed by atoms with Crippen LogP contribution in [0.25, 0.3) is 0 Å². The molecule has 0 aliphatic carbocycles. The number of ether oxygens (including phenoxy) is 2. The van der Waals surface area contributed by atoms with Gasteiger partial charge >= 0.3 is 12.1 Å². The van der Waals surface area contributed by atoms with Gasteiger partial charge < -0.3 is 9.47 Å². The molecular formula is C24H25F3O3. The predicted octanol–water partition coefficient (Wildman–Crippen LogP) is 5.80. The summed E-state index contributed by atoms with van der Waals surface area (Å²) in [6.07, 6.45) is -4.75. The standard InChI is InChI=1S/C24H25F3O3/c1-2-3-16-22(30-23(28)20-13-8-5-9-14-20)21(24(25,26)27)15-10-17-29-18-19-11-6-4-7-12-19/h4-9,11-14,21-22H,2-3,16-18H2,1H3/t21-,22-/m0/s1. The summed E-state index contributed by atoms with van der Waals surface area (Å²) in [6, 6.07) is 17.3. The Labute approximate surface area is 175 Å². The second-order valence-corrected chi connectivity index (χ2v) is 6.77. The topological polar surface area (TPSA) is 35.5 Å². The molecule has 30 heavy (non-hydrogen) atoms. The molecule has 0 saturated carbocycles. The Bertz CT molecular complexity index is 824. The van der Waals surface area contributed by atoms with Crippen molar-refractivity contribution in [2.75, 3.05) is 6.61 Å². The maximum Gasteiger partial charge on any atom is 0.406 e. The molecule has 160 valence electrons. The largest absolute Gasteiger partial charge is 0.457 e. The average molecular weight is 418 g/mol. The summed E-state index contributed by atoms with van der Waals surface area (Å²) in [6.45, 7) is 1.98. The van der Waals surface area contributed by atoms with Gasteiger partial charge in [0.15, 0.2) is 5.92 Å². The molecule has 0 saturated heterocycles. The quantitative estimate of drug-likeness (QED) is 0.293. The van der Waals surface area contributed by atoms with Gasteiger partial charge in [-0.3, -0.25) is 0 Å². The second-order valence-electron chi connectivity index (χ2n) is 6.77. The van der Waals surface area contributed by atoms with E-state index in [9.17, 15) is 18.0 Å². The molecule has 2 aromatic carbocycles. The molecule has 3 nitrogen and oxygen atoms in total. The first-order valence-corrected chi connectivity index (χ1v) is 9.84.